The fourth-order valence-corrected chi connectivity index (χ4v) is 2.60. The molecule has 1 amide bonds. The first-order chi connectivity index (χ1) is 12.6. The van der Waals surface area contributed by atoms with Crippen molar-refractivity contribution in [3.8, 4) is 0 Å². The Labute approximate surface area is 157 Å². The third-order valence-electron chi connectivity index (χ3n) is 3.45. The van der Waals surface area contributed by atoms with Crippen molar-refractivity contribution in [3.05, 3.63) is 12.7 Å². The lowest BCUT2D eigenvalue weighted by atomic mass is 9.96. The number of hydrogen-bond donors (Lipinski definition) is 1. The molecule has 0 aromatic rings. The highest BCUT2D eigenvalue weighted by Crippen LogP contribution is 2.27. The molecule has 0 aromatic carbocycles. The number of nitrogens with one attached hydrogen (secondary N) is 1. The molecule has 0 unspecified atom stereocenters. The molecule has 10 nitrogen and oxygen atoms in total. The highest BCUT2D eigenvalue weighted by molar-refractivity contribution is 5.73. The van der Waals surface area contributed by atoms with Crippen LogP contribution in [0.25, 0.3) is 0 Å². The maximum atomic E-state index is 11.6. The molecule has 1 heterocycles. The maximum Gasteiger partial charge on any atom is 0.303 e. The van der Waals surface area contributed by atoms with E-state index in [0.29, 0.717) is 0 Å². The molecule has 0 aromatic heterocycles. The number of rotatable bonds is 8. The molecule has 27 heavy (non-hydrogen) atoms. The number of amides is 1. The van der Waals surface area contributed by atoms with Crippen molar-refractivity contribution in [3.63, 3.8) is 0 Å². The fourth-order valence-electron chi connectivity index (χ4n) is 2.60. The van der Waals surface area contributed by atoms with E-state index in [9.17, 15) is 19.2 Å². The molecule has 1 N–H and O–H groups in total. The Morgan fingerprint density at radius 3 is 2.07 bits per heavy atom. The quantitative estimate of drug-likeness (QED) is 0.343. The largest absolute Gasteiger partial charge is 0.463 e. The number of carbonyl (C=O) groups is 4. The van der Waals surface area contributed by atoms with Crippen molar-refractivity contribution in [2.45, 2.75) is 58.3 Å². The lowest BCUT2D eigenvalue weighted by molar-refractivity contribution is -0.275. The lowest BCUT2D eigenvalue weighted by Gasteiger charge is -2.44. The van der Waals surface area contributed by atoms with Gasteiger partial charge in [-0.1, -0.05) is 6.08 Å². The van der Waals surface area contributed by atoms with E-state index in [1.807, 2.05) is 0 Å². The standard InChI is InChI=1S/C17H25NO9/c1-6-7-23-17-14(18-9(2)19)16(26-12(5)22)15(25-11(4)21)13(27-17)8-24-10(3)20/h6,13-17H,1,7-8H2,2-5H3,(H,18,19)/t13-,14+,15+,16-,17-/m0/s1. The molecule has 0 bridgehead atoms. The van der Waals surface area contributed by atoms with Gasteiger partial charge in [-0.15, -0.1) is 6.58 Å². The lowest BCUT2D eigenvalue weighted by Crippen LogP contribution is -2.66. The average molecular weight is 387 g/mol. The van der Waals surface area contributed by atoms with E-state index in [0.717, 1.165) is 0 Å². The fraction of sp³-hybridized carbons (Fsp3) is 0.647. The molecule has 0 saturated carbocycles. The molecule has 0 aliphatic carbocycles. The summed E-state index contributed by atoms with van der Waals surface area (Å²) in [6, 6.07) is -0.968. The zero-order valence-electron chi connectivity index (χ0n) is 15.8. The SMILES string of the molecule is C=CCO[C@H]1O[C@@H](COC(C)=O)[C@@H](OC(C)=O)[C@@H](OC(C)=O)[C@H]1NC(C)=O. The molecule has 1 rings (SSSR count). The monoisotopic (exact) mass is 387 g/mol. The van der Waals surface area contributed by atoms with Gasteiger partial charge >= 0.3 is 17.9 Å². The van der Waals surface area contributed by atoms with Gasteiger partial charge in [0.2, 0.25) is 5.91 Å². The third kappa shape index (κ3) is 7.35. The highest BCUT2D eigenvalue weighted by atomic mass is 16.7. The minimum absolute atomic E-state index is 0.0755. The van der Waals surface area contributed by atoms with Crippen molar-refractivity contribution in [2.75, 3.05) is 13.2 Å². The van der Waals surface area contributed by atoms with Crippen LogP contribution in [0.4, 0.5) is 0 Å². The van der Waals surface area contributed by atoms with Crippen LogP contribution in [0, 0.1) is 0 Å². The van der Waals surface area contributed by atoms with Gasteiger partial charge in [0.25, 0.3) is 0 Å². The molecule has 1 saturated heterocycles. The second-order valence-electron chi connectivity index (χ2n) is 5.84. The summed E-state index contributed by atoms with van der Waals surface area (Å²) >= 11 is 0. The van der Waals surface area contributed by atoms with E-state index in [1.54, 1.807) is 0 Å². The first kappa shape index (κ1) is 22.6. The van der Waals surface area contributed by atoms with Gasteiger partial charge in [-0.25, -0.2) is 0 Å². The van der Waals surface area contributed by atoms with Crippen LogP contribution in [0.5, 0.6) is 0 Å². The van der Waals surface area contributed by atoms with Gasteiger partial charge in [-0.3, -0.25) is 19.2 Å². The van der Waals surface area contributed by atoms with Gasteiger partial charge in [-0.05, 0) is 0 Å². The summed E-state index contributed by atoms with van der Waals surface area (Å²) in [6.45, 7) is 8.16. The van der Waals surface area contributed by atoms with Crippen molar-refractivity contribution >= 4 is 23.8 Å². The Bertz CT molecular complexity index is 577. The molecule has 10 heteroatoms. The van der Waals surface area contributed by atoms with E-state index in [2.05, 4.69) is 11.9 Å². The summed E-state index contributed by atoms with van der Waals surface area (Å²) in [5.74, 6) is -2.34. The van der Waals surface area contributed by atoms with Crippen LogP contribution in [0.15, 0.2) is 12.7 Å². The van der Waals surface area contributed by atoms with Crippen LogP contribution in [0.3, 0.4) is 0 Å². The summed E-state index contributed by atoms with van der Waals surface area (Å²) in [5, 5.41) is 2.59. The highest BCUT2D eigenvalue weighted by Gasteiger charge is 2.51. The van der Waals surface area contributed by atoms with Crippen molar-refractivity contribution in [1.29, 1.82) is 0 Å². The van der Waals surface area contributed by atoms with E-state index in [1.165, 1.54) is 33.8 Å². The Kier molecular flexibility index (Phi) is 8.89. The average Bonchev–Trinajstić information content (AvgIpc) is 2.54. The molecule has 152 valence electrons. The predicted molar refractivity (Wildman–Crippen MR) is 90.2 cm³/mol. The first-order valence-electron chi connectivity index (χ1n) is 8.28. The zero-order chi connectivity index (χ0) is 20.6. The molecule has 1 aliphatic heterocycles. The smallest absolute Gasteiger partial charge is 0.303 e. The van der Waals surface area contributed by atoms with Crippen LogP contribution in [0.1, 0.15) is 27.7 Å². The van der Waals surface area contributed by atoms with Crippen LogP contribution >= 0.6 is 0 Å². The van der Waals surface area contributed by atoms with E-state index in [-0.39, 0.29) is 13.2 Å². The molecule has 5 atom stereocenters. The molecule has 1 fully saturated rings. The van der Waals surface area contributed by atoms with Gasteiger partial charge in [0.05, 0.1) is 6.61 Å². The van der Waals surface area contributed by atoms with Crippen molar-refractivity contribution in [2.24, 2.45) is 0 Å². The van der Waals surface area contributed by atoms with Gasteiger partial charge < -0.3 is 29.0 Å². The summed E-state index contributed by atoms with van der Waals surface area (Å²) in [5.41, 5.74) is 0. The van der Waals surface area contributed by atoms with Crippen LogP contribution in [0.2, 0.25) is 0 Å². The normalized spacial score (nSPS) is 27.2. The Morgan fingerprint density at radius 1 is 1.00 bits per heavy atom. The maximum absolute atomic E-state index is 11.6. The summed E-state index contributed by atoms with van der Waals surface area (Å²) in [7, 11) is 0. The predicted octanol–water partition coefficient (Wildman–Crippen LogP) is -0.155. The van der Waals surface area contributed by atoms with Crippen LogP contribution < -0.4 is 5.32 Å². The van der Waals surface area contributed by atoms with Crippen LogP contribution in [-0.4, -0.2) is 67.7 Å². The van der Waals surface area contributed by atoms with Gasteiger partial charge in [0.1, 0.15) is 18.8 Å². The molecular weight excluding hydrogens is 362 g/mol. The van der Waals surface area contributed by atoms with E-state index in [4.69, 9.17) is 23.7 Å². The van der Waals surface area contributed by atoms with E-state index < -0.39 is 54.5 Å². The van der Waals surface area contributed by atoms with Crippen molar-refractivity contribution in [1.82, 2.24) is 5.32 Å². The minimum Gasteiger partial charge on any atom is -0.463 e. The Balaban J connectivity index is 3.24. The van der Waals surface area contributed by atoms with Gasteiger partial charge in [0.15, 0.2) is 18.5 Å². The topological polar surface area (TPSA) is 126 Å². The summed E-state index contributed by atoms with van der Waals surface area (Å²) < 4.78 is 26.8. The number of hydrogen-bond acceptors (Lipinski definition) is 9. The zero-order valence-corrected chi connectivity index (χ0v) is 15.8. The Hall–Kier alpha value is -2.46. The molecule has 1 aliphatic rings. The molecule has 0 radical (unpaired) electrons. The third-order valence-corrected chi connectivity index (χ3v) is 3.45. The first-order valence-corrected chi connectivity index (χ1v) is 8.28. The number of ether oxygens (including phenoxy) is 5. The van der Waals surface area contributed by atoms with Crippen LogP contribution in [-0.2, 0) is 42.9 Å². The van der Waals surface area contributed by atoms with Crippen molar-refractivity contribution < 1.29 is 42.9 Å². The number of carbonyl (C=O) groups excluding carboxylic acids is 4. The summed E-state index contributed by atoms with van der Waals surface area (Å²) in [6.07, 6.45) is -2.84. The van der Waals surface area contributed by atoms with E-state index >= 15 is 0 Å². The van der Waals surface area contributed by atoms with Gasteiger partial charge in [-0.2, -0.15) is 0 Å². The summed E-state index contributed by atoms with van der Waals surface area (Å²) in [4.78, 5) is 46.0. The number of esters is 3. The Morgan fingerprint density at radius 2 is 1.59 bits per heavy atom. The molecule has 0 spiro atoms. The second kappa shape index (κ2) is 10.6. The minimum atomic E-state index is -1.13. The molecular formula is C17H25NO9. The second-order valence-corrected chi connectivity index (χ2v) is 5.84. The van der Waals surface area contributed by atoms with Gasteiger partial charge in [0, 0.05) is 27.7 Å².